The van der Waals surface area contributed by atoms with Crippen LogP contribution in [0.15, 0.2) is 72.9 Å². The molecule has 0 saturated heterocycles. The lowest BCUT2D eigenvalue weighted by molar-refractivity contribution is -0.137. The highest BCUT2D eigenvalue weighted by Gasteiger charge is 2.36. The van der Waals surface area contributed by atoms with Gasteiger partial charge < -0.3 is 15.0 Å². The number of benzene rings is 2. The number of carbonyl (C=O) groups is 2. The van der Waals surface area contributed by atoms with Crippen LogP contribution < -0.4 is 10.1 Å². The Balaban J connectivity index is 1.32. The van der Waals surface area contributed by atoms with Crippen molar-refractivity contribution in [3.05, 3.63) is 95.3 Å². The topological polar surface area (TPSA) is 71.5 Å². The third-order valence-electron chi connectivity index (χ3n) is 7.54. The van der Waals surface area contributed by atoms with Crippen molar-refractivity contribution in [3.8, 4) is 5.75 Å². The number of rotatable bonds is 8. The third kappa shape index (κ3) is 5.85. The van der Waals surface area contributed by atoms with Crippen LogP contribution in [-0.2, 0) is 22.4 Å². The predicted molar refractivity (Wildman–Crippen MR) is 143 cm³/mol. The maximum Gasteiger partial charge on any atom is 0.260 e. The molecular weight excluding hydrogens is 462 g/mol. The standard InChI is InChI=1S/C31H35N3O3/c1-22(30(35)33-19-16-26-13-7-8-18-32-26)37-27-15-14-23-17-20-34(31(36)25-11-5-6-12-25)29(28(23)21-27)24-9-3-2-4-10-24/h2-4,7-10,13-15,18,21-22,25,29H,5-6,11-12,16-17,19-20H2,1H3,(H,33,35). The van der Waals surface area contributed by atoms with E-state index in [1.165, 1.54) is 5.56 Å². The Hall–Kier alpha value is -3.67. The van der Waals surface area contributed by atoms with Crippen LogP contribution in [-0.4, -0.2) is 40.9 Å². The molecule has 2 aromatic carbocycles. The second-order valence-electron chi connectivity index (χ2n) is 10.1. The first-order valence-corrected chi connectivity index (χ1v) is 13.4. The summed E-state index contributed by atoms with van der Waals surface area (Å²) >= 11 is 0. The minimum Gasteiger partial charge on any atom is -0.481 e. The lowest BCUT2D eigenvalue weighted by Crippen LogP contribution is -2.43. The SMILES string of the molecule is CC(Oc1ccc2c(c1)C(c1ccccc1)N(C(=O)C1CCCC1)CC2)C(=O)NCCc1ccccn1. The third-order valence-corrected chi connectivity index (χ3v) is 7.54. The van der Waals surface area contributed by atoms with Gasteiger partial charge in [-0.05, 0) is 67.1 Å². The van der Waals surface area contributed by atoms with Crippen molar-refractivity contribution in [1.29, 1.82) is 0 Å². The van der Waals surface area contributed by atoms with Gasteiger partial charge in [0.1, 0.15) is 5.75 Å². The highest BCUT2D eigenvalue weighted by Crippen LogP contribution is 2.39. The molecule has 3 aromatic rings. The van der Waals surface area contributed by atoms with E-state index in [9.17, 15) is 9.59 Å². The van der Waals surface area contributed by atoms with E-state index >= 15 is 0 Å². The van der Waals surface area contributed by atoms with Crippen LogP contribution in [0.4, 0.5) is 0 Å². The maximum atomic E-state index is 13.6. The summed E-state index contributed by atoms with van der Waals surface area (Å²) in [6.45, 7) is 2.99. The number of fused-ring (bicyclic) bond motifs is 1. The Morgan fingerprint density at radius 3 is 2.59 bits per heavy atom. The van der Waals surface area contributed by atoms with E-state index in [1.807, 2.05) is 48.5 Å². The molecule has 2 unspecified atom stereocenters. The van der Waals surface area contributed by atoms with Crippen LogP contribution in [0, 0.1) is 5.92 Å². The fraction of sp³-hybridized carbons (Fsp3) is 0.387. The van der Waals surface area contributed by atoms with E-state index in [-0.39, 0.29) is 23.8 Å². The molecule has 0 spiro atoms. The minimum absolute atomic E-state index is 0.127. The molecular formula is C31H35N3O3. The average Bonchev–Trinajstić information content (AvgIpc) is 3.48. The van der Waals surface area contributed by atoms with Crippen LogP contribution in [0.25, 0.3) is 0 Å². The van der Waals surface area contributed by atoms with Gasteiger partial charge in [-0.3, -0.25) is 14.6 Å². The molecule has 1 saturated carbocycles. The van der Waals surface area contributed by atoms with Crippen molar-refractivity contribution in [1.82, 2.24) is 15.2 Å². The van der Waals surface area contributed by atoms with E-state index in [4.69, 9.17) is 4.74 Å². The summed E-state index contributed by atoms with van der Waals surface area (Å²) in [5, 5.41) is 2.94. The largest absolute Gasteiger partial charge is 0.481 e. The Morgan fingerprint density at radius 2 is 1.84 bits per heavy atom. The van der Waals surface area contributed by atoms with E-state index in [0.29, 0.717) is 18.7 Å². The highest BCUT2D eigenvalue weighted by atomic mass is 16.5. The highest BCUT2D eigenvalue weighted by molar-refractivity contribution is 5.81. The van der Waals surface area contributed by atoms with Gasteiger partial charge in [-0.1, -0.05) is 55.3 Å². The number of ether oxygens (including phenoxy) is 1. The van der Waals surface area contributed by atoms with Crippen molar-refractivity contribution < 1.29 is 14.3 Å². The molecule has 2 aliphatic rings. The molecule has 6 heteroatoms. The summed E-state index contributed by atoms with van der Waals surface area (Å²) < 4.78 is 6.09. The second kappa shape index (κ2) is 11.6. The Kier molecular flexibility index (Phi) is 7.83. The quantitative estimate of drug-likeness (QED) is 0.482. The summed E-state index contributed by atoms with van der Waals surface area (Å²) in [6, 6.07) is 21.9. The lowest BCUT2D eigenvalue weighted by atomic mass is 9.87. The molecule has 1 aliphatic carbocycles. The Labute approximate surface area is 219 Å². The summed E-state index contributed by atoms with van der Waals surface area (Å²) in [7, 11) is 0. The number of hydrogen-bond acceptors (Lipinski definition) is 4. The zero-order chi connectivity index (χ0) is 25.6. The molecule has 37 heavy (non-hydrogen) atoms. The van der Waals surface area contributed by atoms with Gasteiger partial charge in [0.15, 0.2) is 6.10 Å². The first-order valence-electron chi connectivity index (χ1n) is 13.4. The van der Waals surface area contributed by atoms with Gasteiger partial charge in [-0.25, -0.2) is 0 Å². The van der Waals surface area contributed by atoms with Crippen molar-refractivity contribution in [2.75, 3.05) is 13.1 Å². The molecule has 2 heterocycles. The van der Waals surface area contributed by atoms with Crippen LogP contribution >= 0.6 is 0 Å². The van der Waals surface area contributed by atoms with Gasteiger partial charge in [0.05, 0.1) is 6.04 Å². The number of hydrogen-bond donors (Lipinski definition) is 1. The van der Waals surface area contributed by atoms with Crippen molar-refractivity contribution in [2.45, 2.75) is 57.6 Å². The van der Waals surface area contributed by atoms with Crippen LogP contribution in [0.3, 0.4) is 0 Å². The van der Waals surface area contributed by atoms with Crippen LogP contribution in [0.2, 0.25) is 0 Å². The van der Waals surface area contributed by atoms with Gasteiger partial charge >= 0.3 is 0 Å². The van der Waals surface area contributed by atoms with E-state index in [0.717, 1.165) is 55.5 Å². The molecule has 5 rings (SSSR count). The number of nitrogens with one attached hydrogen (secondary N) is 1. The molecule has 0 bridgehead atoms. The van der Waals surface area contributed by atoms with Gasteiger partial charge in [-0.2, -0.15) is 0 Å². The molecule has 192 valence electrons. The summed E-state index contributed by atoms with van der Waals surface area (Å²) in [5.74, 6) is 0.875. The number of pyridine rings is 1. The van der Waals surface area contributed by atoms with Crippen molar-refractivity contribution in [3.63, 3.8) is 0 Å². The van der Waals surface area contributed by atoms with Crippen molar-refractivity contribution in [2.24, 2.45) is 5.92 Å². The molecule has 1 N–H and O–H groups in total. The summed E-state index contributed by atoms with van der Waals surface area (Å²) in [6.07, 6.45) is 6.84. The monoisotopic (exact) mass is 497 g/mol. The van der Waals surface area contributed by atoms with Gasteiger partial charge in [0.25, 0.3) is 5.91 Å². The normalized spacial score (nSPS) is 18.2. The first kappa shape index (κ1) is 25.0. The molecule has 1 fully saturated rings. The fourth-order valence-electron chi connectivity index (χ4n) is 5.57. The van der Waals surface area contributed by atoms with E-state index in [1.54, 1.807) is 13.1 Å². The molecule has 1 aromatic heterocycles. The predicted octanol–water partition coefficient (Wildman–Crippen LogP) is 4.87. The van der Waals surface area contributed by atoms with Gasteiger partial charge in [-0.15, -0.1) is 0 Å². The molecule has 6 nitrogen and oxygen atoms in total. The smallest absolute Gasteiger partial charge is 0.260 e. The Bertz CT molecular complexity index is 1210. The first-order chi connectivity index (χ1) is 18.1. The average molecular weight is 498 g/mol. The van der Waals surface area contributed by atoms with Crippen LogP contribution in [0.1, 0.15) is 61.0 Å². The number of nitrogens with zero attached hydrogens (tertiary/aromatic N) is 2. The fourth-order valence-corrected chi connectivity index (χ4v) is 5.57. The summed E-state index contributed by atoms with van der Waals surface area (Å²) in [4.78, 5) is 32.6. The van der Waals surface area contributed by atoms with Gasteiger partial charge in [0.2, 0.25) is 5.91 Å². The molecule has 2 amide bonds. The minimum atomic E-state index is -0.642. The van der Waals surface area contributed by atoms with Gasteiger partial charge in [0, 0.05) is 37.3 Å². The maximum absolute atomic E-state index is 13.6. The molecule has 0 radical (unpaired) electrons. The lowest BCUT2D eigenvalue weighted by Gasteiger charge is -2.39. The van der Waals surface area contributed by atoms with E-state index in [2.05, 4.69) is 33.4 Å². The van der Waals surface area contributed by atoms with Crippen molar-refractivity contribution >= 4 is 11.8 Å². The Morgan fingerprint density at radius 1 is 1.05 bits per heavy atom. The zero-order valence-corrected chi connectivity index (χ0v) is 21.4. The number of amides is 2. The molecule has 1 aliphatic heterocycles. The number of carbonyl (C=O) groups excluding carboxylic acids is 2. The summed E-state index contributed by atoms with van der Waals surface area (Å²) in [5.41, 5.74) is 4.36. The molecule has 2 atom stereocenters. The van der Waals surface area contributed by atoms with Crippen LogP contribution in [0.5, 0.6) is 5.75 Å². The van der Waals surface area contributed by atoms with E-state index < -0.39 is 6.10 Å². The zero-order valence-electron chi connectivity index (χ0n) is 21.4. The second-order valence-corrected chi connectivity index (χ2v) is 10.1. The number of aromatic nitrogens is 1.